The van der Waals surface area contributed by atoms with E-state index in [1.807, 2.05) is 6.07 Å². The first-order valence-corrected chi connectivity index (χ1v) is 9.11. The molecule has 1 fully saturated rings. The molecule has 0 aliphatic heterocycles. The van der Waals surface area contributed by atoms with Crippen LogP contribution in [0, 0.1) is 0 Å². The molecule has 0 bridgehead atoms. The number of hydrogen-bond donors (Lipinski definition) is 3. The number of halogens is 2. The fourth-order valence-corrected chi connectivity index (χ4v) is 3.16. The van der Waals surface area contributed by atoms with Gasteiger partial charge in [0.1, 0.15) is 5.82 Å². The van der Waals surface area contributed by atoms with Crippen LogP contribution in [0.1, 0.15) is 32.1 Å². The predicted octanol–water partition coefficient (Wildman–Crippen LogP) is 5.59. The van der Waals surface area contributed by atoms with Crippen LogP contribution in [0.25, 0.3) is 0 Å². The second kappa shape index (κ2) is 8.41. The number of rotatable bonds is 4. The summed E-state index contributed by atoms with van der Waals surface area (Å²) in [6.07, 6.45) is 7.34. The summed E-state index contributed by atoms with van der Waals surface area (Å²) in [5.74, 6) is 0.650. The SMILES string of the molecule is O=C(Nc1ccc(Nc2ccc(Cl)c(Cl)c2)nc1)NC1CCCCC1. The van der Waals surface area contributed by atoms with E-state index in [4.69, 9.17) is 23.2 Å². The van der Waals surface area contributed by atoms with Gasteiger partial charge in [0.2, 0.25) is 0 Å². The van der Waals surface area contributed by atoms with Gasteiger partial charge in [-0.2, -0.15) is 0 Å². The molecule has 1 aliphatic carbocycles. The van der Waals surface area contributed by atoms with Gasteiger partial charge in [-0.25, -0.2) is 9.78 Å². The topological polar surface area (TPSA) is 66.0 Å². The van der Waals surface area contributed by atoms with Crippen LogP contribution >= 0.6 is 23.2 Å². The van der Waals surface area contributed by atoms with E-state index in [0.29, 0.717) is 21.6 Å². The molecule has 2 amide bonds. The van der Waals surface area contributed by atoms with Crippen molar-refractivity contribution >= 4 is 46.4 Å². The Morgan fingerprint density at radius 1 is 1.00 bits per heavy atom. The quantitative estimate of drug-likeness (QED) is 0.649. The molecule has 7 heteroatoms. The number of nitrogens with zero attached hydrogens (tertiary/aromatic N) is 1. The van der Waals surface area contributed by atoms with Crippen LogP contribution in [0.15, 0.2) is 36.5 Å². The zero-order valence-corrected chi connectivity index (χ0v) is 15.2. The Hall–Kier alpha value is -1.98. The molecule has 1 aromatic heterocycles. The van der Waals surface area contributed by atoms with E-state index in [1.54, 1.807) is 30.5 Å². The monoisotopic (exact) mass is 378 g/mol. The maximum Gasteiger partial charge on any atom is 0.319 e. The summed E-state index contributed by atoms with van der Waals surface area (Å²) in [4.78, 5) is 16.3. The van der Waals surface area contributed by atoms with Crippen LogP contribution < -0.4 is 16.0 Å². The highest BCUT2D eigenvalue weighted by molar-refractivity contribution is 6.42. The molecule has 0 radical (unpaired) electrons. The smallest absolute Gasteiger partial charge is 0.319 e. The van der Waals surface area contributed by atoms with E-state index >= 15 is 0 Å². The molecule has 1 heterocycles. The standard InChI is InChI=1S/C18H20Cl2N4O/c19-15-8-6-13(10-16(15)20)22-17-9-7-14(11-21-17)24-18(25)23-12-4-2-1-3-5-12/h6-12H,1-5H2,(H,21,22)(H2,23,24,25). The molecule has 1 saturated carbocycles. The molecular formula is C18H20Cl2N4O. The van der Waals surface area contributed by atoms with Crippen LogP contribution in [0.4, 0.5) is 22.0 Å². The van der Waals surface area contributed by atoms with E-state index in [-0.39, 0.29) is 12.1 Å². The number of carbonyl (C=O) groups is 1. The van der Waals surface area contributed by atoms with Gasteiger partial charge in [0.05, 0.1) is 21.9 Å². The maximum absolute atomic E-state index is 12.0. The Labute approximate surface area is 157 Å². The number of amides is 2. The van der Waals surface area contributed by atoms with Gasteiger partial charge in [-0.05, 0) is 43.2 Å². The third-order valence-electron chi connectivity index (χ3n) is 4.15. The third kappa shape index (κ3) is 5.25. The summed E-state index contributed by atoms with van der Waals surface area (Å²) in [6.45, 7) is 0. The lowest BCUT2D eigenvalue weighted by Crippen LogP contribution is -2.39. The molecule has 0 atom stereocenters. The maximum atomic E-state index is 12.0. The lowest BCUT2D eigenvalue weighted by molar-refractivity contribution is 0.244. The fourth-order valence-electron chi connectivity index (χ4n) is 2.86. The first kappa shape index (κ1) is 17.8. The van der Waals surface area contributed by atoms with Gasteiger partial charge < -0.3 is 16.0 Å². The molecule has 5 nitrogen and oxygen atoms in total. The molecule has 0 saturated heterocycles. The number of aromatic nitrogens is 1. The molecule has 132 valence electrons. The highest BCUT2D eigenvalue weighted by Crippen LogP contribution is 2.26. The van der Waals surface area contributed by atoms with Crippen molar-refractivity contribution in [1.29, 1.82) is 0 Å². The first-order valence-electron chi connectivity index (χ1n) is 8.36. The predicted molar refractivity (Wildman–Crippen MR) is 103 cm³/mol. The molecule has 0 unspecified atom stereocenters. The molecule has 0 spiro atoms. The van der Waals surface area contributed by atoms with Crippen LogP contribution in [-0.2, 0) is 0 Å². The Bertz CT molecular complexity index is 730. The van der Waals surface area contributed by atoms with Crippen molar-refractivity contribution in [2.75, 3.05) is 10.6 Å². The van der Waals surface area contributed by atoms with Crippen molar-refractivity contribution < 1.29 is 4.79 Å². The largest absolute Gasteiger partial charge is 0.340 e. The number of anilines is 3. The number of hydrogen-bond acceptors (Lipinski definition) is 3. The van der Waals surface area contributed by atoms with Gasteiger partial charge in [0.15, 0.2) is 0 Å². The molecule has 25 heavy (non-hydrogen) atoms. The number of nitrogens with one attached hydrogen (secondary N) is 3. The third-order valence-corrected chi connectivity index (χ3v) is 4.89. The number of carbonyl (C=O) groups excluding carboxylic acids is 1. The summed E-state index contributed by atoms with van der Waals surface area (Å²) in [5.41, 5.74) is 1.44. The lowest BCUT2D eigenvalue weighted by atomic mass is 9.96. The summed E-state index contributed by atoms with van der Waals surface area (Å²) in [6, 6.07) is 8.95. The van der Waals surface area contributed by atoms with Crippen LogP contribution in [0.3, 0.4) is 0 Å². The van der Waals surface area contributed by atoms with E-state index in [9.17, 15) is 4.79 Å². The van der Waals surface area contributed by atoms with Gasteiger partial charge >= 0.3 is 6.03 Å². The van der Waals surface area contributed by atoms with E-state index < -0.39 is 0 Å². The minimum absolute atomic E-state index is 0.182. The van der Waals surface area contributed by atoms with Gasteiger partial charge in [0.25, 0.3) is 0 Å². The summed E-state index contributed by atoms with van der Waals surface area (Å²) < 4.78 is 0. The fraction of sp³-hybridized carbons (Fsp3) is 0.333. The van der Waals surface area contributed by atoms with Gasteiger partial charge in [-0.1, -0.05) is 42.5 Å². The van der Waals surface area contributed by atoms with Crippen molar-refractivity contribution in [3.63, 3.8) is 0 Å². The molecule has 1 aliphatic rings. The first-order chi connectivity index (χ1) is 12.1. The van der Waals surface area contributed by atoms with Crippen molar-refractivity contribution in [3.8, 4) is 0 Å². The Morgan fingerprint density at radius 2 is 1.76 bits per heavy atom. The van der Waals surface area contributed by atoms with Crippen molar-refractivity contribution in [1.82, 2.24) is 10.3 Å². The van der Waals surface area contributed by atoms with Gasteiger partial charge in [-0.15, -0.1) is 0 Å². The Kier molecular flexibility index (Phi) is 6.00. The Morgan fingerprint density at radius 3 is 2.44 bits per heavy atom. The van der Waals surface area contributed by atoms with Gasteiger partial charge in [-0.3, -0.25) is 0 Å². The van der Waals surface area contributed by atoms with E-state index in [1.165, 1.54) is 19.3 Å². The molecule has 3 N–H and O–H groups in total. The highest BCUT2D eigenvalue weighted by Gasteiger charge is 2.15. The van der Waals surface area contributed by atoms with Crippen LogP contribution in [0.5, 0.6) is 0 Å². The van der Waals surface area contributed by atoms with Crippen LogP contribution in [0.2, 0.25) is 10.0 Å². The molecular weight excluding hydrogens is 359 g/mol. The number of benzene rings is 1. The second-order valence-electron chi connectivity index (χ2n) is 6.12. The van der Waals surface area contributed by atoms with Crippen molar-refractivity contribution in [2.45, 2.75) is 38.1 Å². The highest BCUT2D eigenvalue weighted by atomic mass is 35.5. The van der Waals surface area contributed by atoms with Crippen LogP contribution in [-0.4, -0.2) is 17.1 Å². The van der Waals surface area contributed by atoms with Gasteiger partial charge in [0, 0.05) is 11.7 Å². The zero-order valence-electron chi connectivity index (χ0n) is 13.7. The molecule has 3 rings (SSSR count). The minimum atomic E-state index is -0.182. The molecule has 2 aromatic rings. The average Bonchev–Trinajstić information content (AvgIpc) is 2.61. The zero-order chi connectivity index (χ0) is 17.6. The van der Waals surface area contributed by atoms with E-state index in [2.05, 4.69) is 20.9 Å². The average molecular weight is 379 g/mol. The van der Waals surface area contributed by atoms with Crippen molar-refractivity contribution in [2.24, 2.45) is 0 Å². The van der Waals surface area contributed by atoms with Crippen molar-refractivity contribution in [3.05, 3.63) is 46.6 Å². The molecule has 1 aromatic carbocycles. The number of urea groups is 1. The normalized spacial score (nSPS) is 14.8. The lowest BCUT2D eigenvalue weighted by Gasteiger charge is -2.22. The summed E-state index contributed by atoms with van der Waals surface area (Å²) in [7, 11) is 0. The Balaban J connectivity index is 1.54. The number of pyridine rings is 1. The summed E-state index contributed by atoms with van der Waals surface area (Å²) in [5, 5.41) is 9.95. The summed E-state index contributed by atoms with van der Waals surface area (Å²) >= 11 is 11.9. The minimum Gasteiger partial charge on any atom is -0.340 e. The second-order valence-corrected chi connectivity index (χ2v) is 6.93. The van der Waals surface area contributed by atoms with E-state index in [0.717, 1.165) is 18.5 Å².